The van der Waals surface area contributed by atoms with Crippen molar-refractivity contribution in [2.75, 3.05) is 6.61 Å². The molecule has 1 atom stereocenters. The summed E-state index contributed by atoms with van der Waals surface area (Å²) in [5.74, 6) is -1.83. The van der Waals surface area contributed by atoms with Gasteiger partial charge in [-0.1, -0.05) is 0 Å². The molecule has 1 N–H and O–H groups in total. The summed E-state index contributed by atoms with van der Waals surface area (Å²) in [5, 5.41) is 8.42. The Kier molecular flexibility index (Phi) is 5.08. The van der Waals surface area contributed by atoms with Crippen LogP contribution in [0.5, 0.6) is 0 Å². The van der Waals surface area contributed by atoms with Gasteiger partial charge in [-0.05, 0) is 0 Å². The van der Waals surface area contributed by atoms with Gasteiger partial charge in [0.15, 0.2) is 12.0 Å². The second kappa shape index (κ2) is 5.28. The second-order valence-electron chi connectivity index (χ2n) is 1.44. The van der Waals surface area contributed by atoms with E-state index in [2.05, 4.69) is 34.5 Å². The first-order valence-electron chi connectivity index (χ1n) is 2.45. The zero-order valence-electron chi connectivity index (χ0n) is 5.26. The number of ether oxygens (including phenoxy) is 1. The van der Waals surface area contributed by atoms with Crippen molar-refractivity contribution in [1.82, 2.24) is 0 Å². The molecule has 0 amide bonds. The summed E-state index contributed by atoms with van der Waals surface area (Å²) in [7, 11) is 0. The molecule has 0 spiro atoms. The van der Waals surface area contributed by atoms with Gasteiger partial charge >= 0.3 is 11.9 Å². The topological polar surface area (TPSA) is 72.8 Å². The van der Waals surface area contributed by atoms with Crippen molar-refractivity contribution < 1.29 is 23.6 Å². The lowest BCUT2D eigenvalue weighted by Gasteiger charge is -2.02. The maximum Gasteiger partial charge on any atom is 0.356 e. The number of rotatable bonds is 3. The van der Waals surface area contributed by atoms with Gasteiger partial charge < -0.3 is 14.0 Å². The van der Waals surface area contributed by atoms with Gasteiger partial charge in [-0.25, -0.2) is 9.59 Å². The highest BCUT2D eigenvalue weighted by atomic mass is 32.1. The van der Waals surface area contributed by atoms with E-state index in [1.807, 2.05) is 0 Å². The Morgan fingerprint density at radius 2 is 2.09 bits per heavy atom. The Balaban J connectivity index is 3.54. The van der Waals surface area contributed by atoms with Crippen LogP contribution < -0.4 is 0 Å². The van der Waals surface area contributed by atoms with Crippen molar-refractivity contribution in [2.24, 2.45) is 0 Å². The molecule has 0 aliphatic rings. The Labute approximate surface area is 73.7 Å². The minimum absolute atomic E-state index is 0.583. The zero-order valence-corrected chi connectivity index (χ0v) is 7.05. The van der Waals surface area contributed by atoms with Crippen LogP contribution in [0.3, 0.4) is 0 Å². The number of hydrogen-bond acceptors (Lipinski definition) is 7. The van der Waals surface area contributed by atoms with Gasteiger partial charge in [0.05, 0.1) is 0 Å². The van der Waals surface area contributed by atoms with E-state index in [1.54, 1.807) is 0 Å². The molecule has 0 aliphatic heterocycles. The van der Waals surface area contributed by atoms with Gasteiger partial charge in [0, 0.05) is 12.9 Å². The molecule has 64 valence electrons. The van der Waals surface area contributed by atoms with Crippen LogP contribution in [-0.2, 0) is 18.5 Å². The van der Waals surface area contributed by atoms with Crippen molar-refractivity contribution in [3.63, 3.8) is 0 Å². The van der Waals surface area contributed by atoms with Crippen molar-refractivity contribution >= 4 is 37.5 Å². The lowest BCUT2D eigenvalue weighted by atomic mass is 10.7. The molecular weight excluding hydrogens is 192 g/mol. The second-order valence-corrected chi connectivity index (χ2v) is 2.12. The molecule has 11 heavy (non-hydrogen) atoms. The SMILES string of the molecule is O=C(COC(=O)C(O)S)OS. The Morgan fingerprint density at radius 3 is 2.45 bits per heavy atom. The summed E-state index contributed by atoms with van der Waals surface area (Å²) in [6, 6.07) is 0. The van der Waals surface area contributed by atoms with Crippen LogP contribution in [0.1, 0.15) is 0 Å². The fourth-order valence-corrected chi connectivity index (χ4v) is 0.358. The van der Waals surface area contributed by atoms with E-state index in [4.69, 9.17) is 5.11 Å². The summed E-state index contributed by atoms with van der Waals surface area (Å²) in [6.07, 6.45) is 0. The highest BCUT2D eigenvalue weighted by Gasteiger charge is 2.13. The van der Waals surface area contributed by atoms with E-state index in [-0.39, 0.29) is 0 Å². The third-order valence-electron chi connectivity index (χ3n) is 0.645. The molecule has 0 aliphatic carbocycles. The molecule has 0 fully saturated rings. The molecule has 0 heterocycles. The van der Waals surface area contributed by atoms with Crippen molar-refractivity contribution in [1.29, 1.82) is 0 Å². The van der Waals surface area contributed by atoms with Gasteiger partial charge in [-0.3, -0.25) is 0 Å². The monoisotopic (exact) mass is 198 g/mol. The van der Waals surface area contributed by atoms with Crippen LogP contribution in [0.2, 0.25) is 0 Å². The number of esters is 1. The molecule has 0 aromatic rings. The number of aliphatic hydroxyl groups excluding tert-OH is 1. The summed E-state index contributed by atoms with van der Waals surface area (Å²) in [4.78, 5) is 20.6. The Hall–Kier alpha value is -0.400. The van der Waals surface area contributed by atoms with Crippen molar-refractivity contribution in [2.45, 2.75) is 5.44 Å². The van der Waals surface area contributed by atoms with E-state index in [1.165, 1.54) is 0 Å². The molecule has 0 saturated heterocycles. The predicted molar refractivity (Wildman–Crippen MR) is 41.0 cm³/mol. The van der Waals surface area contributed by atoms with Gasteiger partial charge in [0.2, 0.25) is 0 Å². The zero-order chi connectivity index (χ0) is 8.85. The van der Waals surface area contributed by atoms with Gasteiger partial charge in [-0.15, -0.1) is 12.6 Å². The van der Waals surface area contributed by atoms with E-state index in [0.717, 1.165) is 0 Å². The summed E-state index contributed by atoms with van der Waals surface area (Å²) in [6.45, 7) is -0.583. The number of carbonyl (C=O) groups excluding carboxylic acids is 2. The van der Waals surface area contributed by atoms with Crippen LogP contribution in [-0.4, -0.2) is 29.1 Å². The van der Waals surface area contributed by atoms with Gasteiger partial charge in [0.1, 0.15) is 0 Å². The van der Waals surface area contributed by atoms with Crippen molar-refractivity contribution in [3.05, 3.63) is 0 Å². The molecule has 0 saturated carbocycles. The maximum atomic E-state index is 10.4. The van der Waals surface area contributed by atoms with Gasteiger partial charge in [-0.2, -0.15) is 0 Å². The highest BCUT2D eigenvalue weighted by molar-refractivity contribution is 7.81. The predicted octanol–water partition coefficient (Wildman–Crippen LogP) is -0.834. The Bertz CT molecular complexity index is 157. The van der Waals surface area contributed by atoms with Crippen LogP contribution in [0.25, 0.3) is 0 Å². The molecule has 0 rings (SSSR count). The average Bonchev–Trinajstić information content (AvgIpc) is 1.99. The summed E-state index contributed by atoms with van der Waals surface area (Å²) in [5.41, 5.74) is -1.54. The smallest absolute Gasteiger partial charge is 0.356 e. The molecule has 5 nitrogen and oxygen atoms in total. The minimum Gasteiger partial charge on any atom is -0.451 e. The fraction of sp³-hybridized carbons (Fsp3) is 0.500. The van der Waals surface area contributed by atoms with E-state index >= 15 is 0 Å². The fourth-order valence-electron chi connectivity index (χ4n) is 0.231. The molecule has 7 heteroatoms. The largest absolute Gasteiger partial charge is 0.451 e. The number of hydrogen-bond donors (Lipinski definition) is 3. The maximum absolute atomic E-state index is 10.4. The lowest BCUT2D eigenvalue weighted by molar-refractivity contribution is -0.156. The molecule has 0 bridgehead atoms. The third-order valence-corrected chi connectivity index (χ3v) is 1.06. The van der Waals surface area contributed by atoms with Crippen LogP contribution in [0.15, 0.2) is 0 Å². The van der Waals surface area contributed by atoms with Gasteiger partial charge in [0.25, 0.3) is 0 Å². The molecule has 0 aromatic carbocycles. The first-order valence-corrected chi connectivity index (χ1v) is 3.33. The third kappa shape index (κ3) is 4.93. The quantitative estimate of drug-likeness (QED) is 0.239. The van der Waals surface area contributed by atoms with Crippen LogP contribution >= 0.6 is 25.5 Å². The number of aliphatic hydroxyl groups is 1. The first-order chi connectivity index (χ1) is 5.07. The minimum atomic E-state index is -1.54. The molecule has 0 radical (unpaired) electrons. The first kappa shape index (κ1) is 10.6. The highest BCUT2D eigenvalue weighted by Crippen LogP contribution is 1.93. The van der Waals surface area contributed by atoms with Crippen LogP contribution in [0, 0.1) is 0 Å². The molecular formula is C4H6O5S2. The molecule has 1 unspecified atom stereocenters. The summed E-state index contributed by atoms with van der Waals surface area (Å²) < 4.78 is 8.02. The number of carbonyl (C=O) groups is 2. The van der Waals surface area contributed by atoms with E-state index in [9.17, 15) is 9.59 Å². The molecule has 0 aromatic heterocycles. The normalized spacial score (nSPS) is 11.9. The Morgan fingerprint density at radius 1 is 1.55 bits per heavy atom. The average molecular weight is 198 g/mol. The lowest BCUT2D eigenvalue weighted by Crippen LogP contribution is -2.21. The van der Waals surface area contributed by atoms with E-state index in [0.29, 0.717) is 0 Å². The van der Waals surface area contributed by atoms with Crippen molar-refractivity contribution in [3.8, 4) is 0 Å². The van der Waals surface area contributed by atoms with Crippen LogP contribution in [0.4, 0.5) is 0 Å². The number of thiol groups is 2. The summed E-state index contributed by atoms with van der Waals surface area (Å²) >= 11 is 6.48. The standard InChI is InChI=1S/C4H6O5S2/c5-2(9-11)1-8-3(6)4(7)10/h4,7,10-11H,1H2. The van der Waals surface area contributed by atoms with E-state index < -0.39 is 24.0 Å².